The lowest BCUT2D eigenvalue weighted by Gasteiger charge is -2.59. The van der Waals surface area contributed by atoms with E-state index in [0.717, 1.165) is 24.2 Å². The Morgan fingerprint density at radius 2 is 1.86 bits per heavy atom. The number of nitrogens with zero attached hydrogens (tertiary/aromatic N) is 1. The van der Waals surface area contributed by atoms with Crippen LogP contribution >= 0.6 is 0 Å². The van der Waals surface area contributed by atoms with E-state index in [9.17, 15) is 24.6 Å². The smallest absolute Gasteiger partial charge is 0.326 e. The first-order chi connectivity index (χ1) is 16.5. The average molecular weight is 498 g/mol. The van der Waals surface area contributed by atoms with Crippen LogP contribution in [0.2, 0.25) is 0 Å². The van der Waals surface area contributed by atoms with Gasteiger partial charge >= 0.3 is 11.9 Å². The number of amides is 1. The Bertz CT molecular complexity index is 882. The highest BCUT2D eigenvalue weighted by molar-refractivity contribution is 5.86. The molecule has 11 heteroatoms. The molecule has 1 amide bonds. The standard InChI is InChI=1S/C24H35NO10/c1-12-4-5-16-13(2)21(32-22-24(16)15(12)8-9-23(3,33-22)34-35-24)31-19(28)7-6-18(27)25-11-14(26)10-17(25)20(29)30/h12-17,21-22,26H,4-11H2,1-3H3,(H,29,30). The normalized spacial score (nSPS) is 46.6. The Morgan fingerprint density at radius 3 is 2.60 bits per heavy atom. The molecule has 5 aliphatic heterocycles. The Morgan fingerprint density at radius 1 is 1.09 bits per heavy atom. The maximum absolute atomic E-state index is 12.7. The molecule has 11 nitrogen and oxygen atoms in total. The van der Waals surface area contributed by atoms with Gasteiger partial charge in [-0.3, -0.25) is 9.59 Å². The van der Waals surface area contributed by atoms with Crippen LogP contribution < -0.4 is 0 Å². The molecule has 1 spiro atoms. The summed E-state index contributed by atoms with van der Waals surface area (Å²) < 4.78 is 18.2. The molecule has 196 valence electrons. The third-order valence-electron chi connectivity index (χ3n) is 8.77. The number of hydrogen-bond acceptors (Lipinski definition) is 9. The van der Waals surface area contributed by atoms with E-state index in [1.807, 2.05) is 13.8 Å². The van der Waals surface area contributed by atoms with E-state index >= 15 is 0 Å². The number of carboxylic acids is 1. The van der Waals surface area contributed by atoms with Crippen LogP contribution in [0.15, 0.2) is 0 Å². The summed E-state index contributed by atoms with van der Waals surface area (Å²) >= 11 is 0. The number of β-amino-alcohol motifs (C(OH)–C–C–N with tert-alkyl or cyclic N) is 1. The van der Waals surface area contributed by atoms with Crippen LogP contribution in [0.25, 0.3) is 0 Å². The second kappa shape index (κ2) is 8.95. The van der Waals surface area contributed by atoms with Gasteiger partial charge in [-0.15, -0.1) is 0 Å². The minimum absolute atomic E-state index is 0.00643. The molecule has 0 aromatic rings. The number of aliphatic hydroxyl groups excluding tert-OH is 1. The van der Waals surface area contributed by atoms with Gasteiger partial charge in [0.1, 0.15) is 6.04 Å². The van der Waals surface area contributed by atoms with Crippen molar-refractivity contribution in [2.24, 2.45) is 23.7 Å². The molecular formula is C24H35NO10. The summed E-state index contributed by atoms with van der Waals surface area (Å²) in [4.78, 5) is 49.6. The fraction of sp³-hybridized carbons (Fsp3) is 0.875. The maximum Gasteiger partial charge on any atom is 0.326 e. The first-order valence-electron chi connectivity index (χ1n) is 12.6. The summed E-state index contributed by atoms with van der Waals surface area (Å²) in [5.41, 5.74) is -0.756. The number of hydrogen-bond donors (Lipinski definition) is 2. The molecule has 35 heavy (non-hydrogen) atoms. The van der Waals surface area contributed by atoms with Crippen LogP contribution in [0.4, 0.5) is 0 Å². The van der Waals surface area contributed by atoms with Crippen LogP contribution in [0.1, 0.15) is 65.7 Å². The number of carbonyl (C=O) groups is 3. The lowest BCUT2D eigenvalue weighted by atomic mass is 9.58. The van der Waals surface area contributed by atoms with Gasteiger partial charge in [0.15, 0.2) is 11.9 Å². The van der Waals surface area contributed by atoms with Crippen LogP contribution in [-0.2, 0) is 38.4 Å². The van der Waals surface area contributed by atoms with Crippen molar-refractivity contribution in [2.45, 2.75) is 102 Å². The molecule has 10 atom stereocenters. The fourth-order valence-corrected chi connectivity index (χ4v) is 6.87. The van der Waals surface area contributed by atoms with Crippen molar-refractivity contribution in [1.29, 1.82) is 0 Å². The number of esters is 1. The second-order valence-corrected chi connectivity index (χ2v) is 11.1. The summed E-state index contributed by atoms with van der Waals surface area (Å²) in [5.74, 6) is -2.78. The van der Waals surface area contributed by atoms with Gasteiger partial charge in [-0.05, 0) is 38.0 Å². The van der Waals surface area contributed by atoms with Gasteiger partial charge in [-0.1, -0.05) is 13.8 Å². The number of carboxylic acid groups (broad SMARTS) is 1. The summed E-state index contributed by atoms with van der Waals surface area (Å²) in [5, 5.41) is 19.1. The maximum atomic E-state index is 12.7. The van der Waals surface area contributed by atoms with Crippen molar-refractivity contribution in [3.05, 3.63) is 0 Å². The van der Waals surface area contributed by atoms with Crippen LogP contribution in [0, 0.1) is 23.7 Å². The first kappa shape index (κ1) is 24.9. The van der Waals surface area contributed by atoms with E-state index in [-0.39, 0.29) is 43.6 Å². The predicted octanol–water partition coefficient (Wildman–Crippen LogP) is 1.56. The SMILES string of the molecule is CC1CCC2C(C)C(OC(=O)CCC(=O)N3CC(O)CC3C(=O)O)OC3OC4(C)CCC1C32OO4. The number of likely N-dealkylation sites (tertiary alicyclic amines) is 1. The van der Waals surface area contributed by atoms with E-state index in [4.69, 9.17) is 24.0 Å². The highest BCUT2D eigenvalue weighted by Gasteiger charge is 2.69. The fourth-order valence-electron chi connectivity index (χ4n) is 6.87. The van der Waals surface area contributed by atoms with Gasteiger partial charge < -0.3 is 29.3 Å². The molecule has 5 saturated heterocycles. The van der Waals surface area contributed by atoms with E-state index in [0.29, 0.717) is 12.3 Å². The molecule has 6 rings (SSSR count). The highest BCUT2D eigenvalue weighted by Crippen LogP contribution is 2.60. The Hall–Kier alpha value is -1.79. The zero-order valence-corrected chi connectivity index (χ0v) is 20.4. The Labute approximate surface area is 203 Å². The molecule has 10 unspecified atom stereocenters. The van der Waals surface area contributed by atoms with Crippen LogP contribution in [0.5, 0.6) is 0 Å². The van der Waals surface area contributed by atoms with Crippen molar-refractivity contribution in [3.8, 4) is 0 Å². The van der Waals surface area contributed by atoms with Gasteiger partial charge in [-0.25, -0.2) is 14.6 Å². The van der Waals surface area contributed by atoms with Gasteiger partial charge in [0.05, 0.1) is 12.5 Å². The zero-order chi connectivity index (χ0) is 25.1. The number of aliphatic hydroxyl groups is 1. The number of aliphatic carboxylic acids is 1. The minimum Gasteiger partial charge on any atom is -0.480 e. The van der Waals surface area contributed by atoms with E-state index in [1.54, 1.807) is 0 Å². The van der Waals surface area contributed by atoms with Gasteiger partial charge in [0.2, 0.25) is 18.0 Å². The monoisotopic (exact) mass is 497 g/mol. The predicted molar refractivity (Wildman–Crippen MR) is 116 cm³/mol. The topological polar surface area (TPSA) is 141 Å². The number of rotatable bonds is 5. The number of fused-ring (bicyclic) bond motifs is 2. The van der Waals surface area contributed by atoms with E-state index in [1.165, 1.54) is 0 Å². The third kappa shape index (κ3) is 4.15. The van der Waals surface area contributed by atoms with Gasteiger partial charge in [0.25, 0.3) is 0 Å². The number of ether oxygens (including phenoxy) is 3. The third-order valence-corrected chi connectivity index (χ3v) is 8.77. The molecule has 2 N–H and O–H groups in total. The summed E-state index contributed by atoms with van der Waals surface area (Å²) in [6.07, 6.45) is 0.530. The molecule has 6 aliphatic rings. The van der Waals surface area contributed by atoms with Crippen molar-refractivity contribution < 1.29 is 48.6 Å². The van der Waals surface area contributed by atoms with Crippen molar-refractivity contribution in [2.75, 3.05) is 6.54 Å². The Balaban J connectivity index is 1.24. The summed E-state index contributed by atoms with van der Waals surface area (Å²) in [6.45, 7) is 5.96. The zero-order valence-electron chi connectivity index (χ0n) is 20.4. The van der Waals surface area contributed by atoms with E-state index < -0.39 is 54.0 Å². The van der Waals surface area contributed by atoms with Crippen molar-refractivity contribution >= 4 is 17.8 Å². The van der Waals surface area contributed by atoms with E-state index in [2.05, 4.69) is 6.92 Å². The molecule has 1 saturated carbocycles. The molecule has 1 aliphatic carbocycles. The van der Waals surface area contributed by atoms with Crippen LogP contribution in [0.3, 0.4) is 0 Å². The van der Waals surface area contributed by atoms with Gasteiger partial charge in [0, 0.05) is 37.6 Å². The molecule has 5 heterocycles. The molecule has 2 bridgehead atoms. The average Bonchev–Trinajstić information content (AvgIpc) is 3.06. The molecule has 0 aromatic heterocycles. The summed E-state index contributed by atoms with van der Waals surface area (Å²) in [6, 6.07) is -1.08. The quantitative estimate of drug-likeness (QED) is 0.425. The highest BCUT2D eigenvalue weighted by atomic mass is 17.3. The molecular weight excluding hydrogens is 462 g/mol. The van der Waals surface area contributed by atoms with Crippen molar-refractivity contribution in [3.63, 3.8) is 0 Å². The van der Waals surface area contributed by atoms with Crippen molar-refractivity contribution in [1.82, 2.24) is 4.90 Å². The lowest BCUT2D eigenvalue weighted by Crippen LogP contribution is -2.70. The first-order valence-corrected chi connectivity index (χ1v) is 12.6. The van der Waals surface area contributed by atoms with Crippen LogP contribution in [-0.4, -0.2) is 75.6 Å². The van der Waals surface area contributed by atoms with Gasteiger partial charge in [-0.2, -0.15) is 0 Å². The lowest BCUT2D eigenvalue weighted by molar-refractivity contribution is -0.576. The largest absolute Gasteiger partial charge is 0.480 e. The summed E-state index contributed by atoms with van der Waals surface area (Å²) in [7, 11) is 0. The molecule has 0 aromatic carbocycles. The Kier molecular flexibility index (Phi) is 6.36. The number of carbonyl (C=O) groups excluding carboxylic acids is 2. The minimum atomic E-state index is -1.17. The molecule has 6 fully saturated rings. The second-order valence-electron chi connectivity index (χ2n) is 11.1. The molecule has 0 radical (unpaired) electrons.